The first-order valence-electron chi connectivity index (χ1n) is 11.4. The van der Waals surface area contributed by atoms with Gasteiger partial charge in [0.2, 0.25) is 5.91 Å². The molecule has 0 aromatic heterocycles. The number of benzene rings is 1. The van der Waals surface area contributed by atoms with Gasteiger partial charge in [-0.2, -0.15) is 0 Å². The van der Waals surface area contributed by atoms with Crippen LogP contribution in [0.1, 0.15) is 51.6 Å². The monoisotopic (exact) mass is 455 g/mol. The van der Waals surface area contributed by atoms with E-state index in [9.17, 15) is 24.5 Å². The summed E-state index contributed by atoms with van der Waals surface area (Å²) in [5.41, 5.74) is 1.25. The van der Waals surface area contributed by atoms with Gasteiger partial charge in [-0.25, -0.2) is 4.79 Å². The molecule has 3 aliphatic rings. The molecule has 1 aromatic carbocycles. The van der Waals surface area contributed by atoms with E-state index in [1.54, 1.807) is 11.0 Å². The van der Waals surface area contributed by atoms with Gasteiger partial charge in [-0.3, -0.25) is 24.6 Å². The van der Waals surface area contributed by atoms with Gasteiger partial charge in [0.15, 0.2) is 0 Å². The summed E-state index contributed by atoms with van der Waals surface area (Å²) in [6.07, 6.45) is 2.39. The van der Waals surface area contributed by atoms with Gasteiger partial charge >= 0.3 is 6.03 Å². The van der Waals surface area contributed by atoms with Crippen molar-refractivity contribution in [2.24, 2.45) is 5.92 Å². The van der Waals surface area contributed by atoms with E-state index in [0.29, 0.717) is 29.8 Å². The normalized spacial score (nSPS) is 21.3. The number of nitro groups is 1. The predicted octanol–water partition coefficient (Wildman–Crippen LogP) is 2.47. The molecule has 1 saturated carbocycles. The summed E-state index contributed by atoms with van der Waals surface area (Å²) in [6.45, 7) is 6.32. The first kappa shape index (κ1) is 22.8. The van der Waals surface area contributed by atoms with Gasteiger partial charge in [0.05, 0.1) is 28.8 Å². The molecule has 0 radical (unpaired) electrons. The van der Waals surface area contributed by atoms with Crippen LogP contribution in [0.3, 0.4) is 0 Å². The molecule has 10 nitrogen and oxygen atoms in total. The average Bonchev–Trinajstić information content (AvgIpc) is 3.52. The zero-order chi connectivity index (χ0) is 23.9. The summed E-state index contributed by atoms with van der Waals surface area (Å²) in [7, 11) is 0. The summed E-state index contributed by atoms with van der Waals surface area (Å²) in [6, 6.07) is 4.26. The highest BCUT2D eigenvalue weighted by Crippen LogP contribution is 2.38. The number of non-ortho nitro benzene ring substituents is 1. The molecule has 0 saturated heterocycles. The van der Waals surface area contributed by atoms with Crippen molar-refractivity contribution in [1.82, 2.24) is 20.4 Å². The number of amides is 4. The number of hydrogen-bond donors (Lipinski definition) is 2. The van der Waals surface area contributed by atoms with Gasteiger partial charge in [0, 0.05) is 24.7 Å². The average molecular weight is 456 g/mol. The largest absolute Gasteiger partial charge is 0.352 e. The third-order valence-corrected chi connectivity index (χ3v) is 6.28. The van der Waals surface area contributed by atoms with Crippen LogP contribution in [0.2, 0.25) is 0 Å². The first-order valence-corrected chi connectivity index (χ1v) is 11.4. The van der Waals surface area contributed by atoms with Crippen LogP contribution < -0.4 is 10.6 Å². The van der Waals surface area contributed by atoms with E-state index in [4.69, 9.17) is 0 Å². The third kappa shape index (κ3) is 4.42. The Balaban J connectivity index is 1.71. The van der Waals surface area contributed by atoms with Crippen LogP contribution in [-0.4, -0.2) is 57.7 Å². The van der Waals surface area contributed by atoms with Gasteiger partial charge < -0.3 is 15.5 Å². The molecule has 2 heterocycles. The molecule has 1 aromatic rings. The second-order valence-electron chi connectivity index (χ2n) is 9.20. The highest BCUT2D eigenvalue weighted by molar-refractivity contribution is 6.03. The molecular formula is C23H29N5O5. The van der Waals surface area contributed by atoms with E-state index >= 15 is 0 Å². The Kier molecular flexibility index (Phi) is 6.09. The molecule has 176 valence electrons. The van der Waals surface area contributed by atoms with Gasteiger partial charge in [-0.1, -0.05) is 26.0 Å². The number of nitrogens with one attached hydrogen (secondary N) is 2. The van der Waals surface area contributed by atoms with E-state index in [1.807, 2.05) is 20.8 Å². The van der Waals surface area contributed by atoms with Crippen molar-refractivity contribution >= 4 is 23.5 Å². The summed E-state index contributed by atoms with van der Waals surface area (Å²) < 4.78 is 0. The number of hydrogen-bond acceptors (Lipinski definition) is 5. The maximum absolute atomic E-state index is 13.7. The van der Waals surface area contributed by atoms with Crippen molar-refractivity contribution in [2.45, 2.75) is 58.2 Å². The number of carbonyl (C=O) groups is 3. The number of carbonyl (C=O) groups excluding carboxylic acids is 3. The quantitative estimate of drug-likeness (QED) is 0.460. The Hall–Kier alpha value is -3.43. The molecule has 2 atom stereocenters. The molecule has 10 heteroatoms. The molecule has 33 heavy (non-hydrogen) atoms. The number of rotatable bonds is 8. The zero-order valence-electron chi connectivity index (χ0n) is 19.0. The Morgan fingerprint density at radius 2 is 2.03 bits per heavy atom. The molecule has 2 unspecified atom stereocenters. The van der Waals surface area contributed by atoms with Gasteiger partial charge in [0.25, 0.3) is 11.6 Å². The summed E-state index contributed by atoms with van der Waals surface area (Å²) in [5, 5.41) is 17.1. The Bertz CT molecular complexity index is 1030. The van der Waals surface area contributed by atoms with Crippen molar-refractivity contribution < 1.29 is 19.3 Å². The summed E-state index contributed by atoms with van der Waals surface area (Å²) >= 11 is 0. The lowest BCUT2D eigenvalue weighted by Crippen LogP contribution is -2.49. The summed E-state index contributed by atoms with van der Waals surface area (Å²) in [4.78, 5) is 53.5. The topological polar surface area (TPSA) is 125 Å². The number of nitro benzene ring substituents is 1. The first-order chi connectivity index (χ1) is 15.7. The fraction of sp³-hybridized carbons (Fsp3) is 0.522. The lowest BCUT2D eigenvalue weighted by Gasteiger charge is -2.32. The molecule has 0 spiro atoms. The van der Waals surface area contributed by atoms with Crippen LogP contribution in [0, 0.1) is 16.0 Å². The van der Waals surface area contributed by atoms with Crippen LogP contribution in [0.4, 0.5) is 10.5 Å². The van der Waals surface area contributed by atoms with Crippen LogP contribution >= 0.6 is 0 Å². The minimum absolute atomic E-state index is 0.120. The highest BCUT2D eigenvalue weighted by atomic mass is 16.6. The Morgan fingerprint density at radius 1 is 1.30 bits per heavy atom. The van der Waals surface area contributed by atoms with E-state index < -0.39 is 17.0 Å². The van der Waals surface area contributed by atoms with Crippen LogP contribution in [0.15, 0.2) is 35.5 Å². The van der Waals surface area contributed by atoms with Crippen LogP contribution in [0.25, 0.3) is 0 Å². The van der Waals surface area contributed by atoms with Crippen molar-refractivity contribution in [2.75, 3.05) is 13.1 Å². The van der Waals surface area contributed by atoms with Crippen molar-refractivity contribution in [3.63, 3.8) is 0 Å². The Morgan fingerprint density at radius 3 is 2.64 bits per heavy atom. The molecule has 1 fully saturated rings. The minimum atomic E-state index is -0.820. The van der Waals surface area contributed by atoms with Gasteiger partial charge in [-0.05, 0) is 37.7 Å². The molecule has 4 amide bonds. The highest BCUT2D eigenvalue weighted by Gasteiger charge is 2.47. The van der Waals surface area contributed by atoms with Crippen molar-refractivity contribution in [3.05, 3.63) is 51.2 Å². The Labute approximate surface area is 192 Å². The third-order valence-electron chi connectivity index (χ3n) is 6.28. The van der Waals surface area contributed by atoms with E-state index in [2.05, 4.69) is 10.6 Å². The zero-order valence-corrected chi connectivity index (χ0v) is 19.0. The lowest BCUT2D eigenvalue weighted by atomic mass is 9.95. The number of nitrogens with zero attached hydrogens (tertiary/aromatic N) is 3. The van der Waals surface area contributed by atoms with E-state index in [0.717, 1.165) is 12.8 Å². The maximum atomic E-state index is 13.7. The minimum Gasteiger partial charge on any atom is -0.352 e. The molecular weight excluding hydrogens is 426 g/mol. The fourth-order valence-electron chi connectivity index (χ4n) is 4.51. The van der Waals surface area contributed by atoms with E-state index in [1.165, 1.54) is 23.1 Å². The standard InChI is InChI=1S/C23H29N5O5/c1-4-26-18-12-27(17(10-13(2)3)21(29)24-15-8-9-15)22(30)19(18)20(25-23(26)31)14-6-5-7-16(11-14)28(32)33/h5-7,11,13,15,17,20H,4,8-10,12H2,1-3H3,(H,24,29)(H,25,31). The van der Waals surface area contributed by atoms with Crippen LogP contribution in [-0.2, 0) is 9.59 Å². The van der Waals surface area contributed by atoms with E-state index in [-0.39, 0.29) is 42.0 Å². The molecule has 2 aliphatic heterocycles. The smallest absolute Gasteiger partial charge is 0.322 e. The van der Waals surface area contributed by atoms with Gasteiger partial charge in [0.1, 0.15) is 6.04 Å². The lowest BCUT2D eigenvalue weighted by molar-refractivity contribution is -0.384. The fourth-order valence-corrected chi connectivity index (χ4v) is 4.51. The number of urea groups is 1. The van der Waals surface area contributed by atoms with Crippen LogP contribution in [0.5, 0.6) is 0 Å². The summed E-state index contributed by atoms with van der Waals surface area (Å²) in [5.74, 6) is -0.315. The van der Waals surface area contributed by atoms with Gasteiger partial charge in [-0.15, -0.1) is 0 Å². The SMILES string of the molecule is CCN1C(=O)NC(c2cccc([N+](=O)[O-])c2)C2=C1CN(C(CC(C)C)C(=O)NC1CC1)C2=O. The van der Waals surface area contributed by atoms with Crippen molar-refractivity contribution in [3.8, 4) is 0 Å². The number of likely N-dealkylation sites (N-methyl/N-ethyl adjacent to an activating group) is 1. The predicted molar refractivity (Wildman–Crippen MR) is 120 cm³/mol. The maximum Gasteiger partial charge on any atom is 0.322 e. The second kappa shape index (κ2) is 8.84. The molecule has 2 N–H and O–H groups in total. The molecule has 1 aliphatic carbocycles. The second-order valence-corrected chi connectivity index (χ2v) is 9.20. The molecule has 0 bridgehead atoms. The molecule has 4 rings (SSSR count). The van der Waals surface area contributed by atoms with Crippen molar-refractivity contribution in [1.29, 1.82) is 0 Å².